The van der Waals surface area contributed by atoms with E-state index in [4.69, 9.17) is 12.2 Å². The van der Waals surface area contributed by atoms with Crippen molar-refractivity contribution in [2.24, 2.45) is 0 Å². The first-order valence-corrected chi connectivity index (χ1v) is 7.59. The Hall–Kier alpha value is -0.330. The van der Waals surface area contributed by atoms with E-state index in [-0.39, 0.29) is 5.91 Å². The molecule has 0 spiro atoms. The predicted molar refractivity (Wildman–Crippen MR) is 71.8 cm³/mol. The van der Waals surface area contributed by atoms with Gasteiger partial charge in [-0.2, -0.15) is 11.8 Å². The van der Waals surface area contributed by atoms with Crippen molar-refractivity contribution in [3.8, 4) is 0 Å². The fraction of sp³-hybridized carbons (Fsp3) is 0.600. The molecule has 0 bridgehead atoms. The van der Waals surface area contributed by atoms with Crippen molar-refractivity contribution in [2.45, 2.75) is 25.8 Å². The minimum absolute atomic E-state index is 0.112. The van der Waals surface area contributed by atoms with Gasteiger partial charge in [-0.05, 0) is 31.3 Å². The summed E-state index contributed by atoms with van der Waals surface area (Å²) in [6.07, 6.45) is 1.54. The Morgan fingerprint density at radius 3 is 3.06 bits per heavy atom. The number of amides is 1. The lowest BCUT2D eigenvalue weighted by Crippen LogP contribution is -2.35. The van der Waals surface area contributed by atoms with Gasteiger partial charge in [0.1, 0.15) is 0 Å². The molecule has 0 aliphatic carbocycles. The van der Waals surface area contributed by atoms with Crippen LogP contribution in [0.4, 0.5) is 0 Å². The highest BCUT2D eigenvalue weighted by Crippen LogP contribution is 2.18. The highest BCUT2D eigenvalue weighted by Gasteiger charge is 2.18. The second-order valence-electron chi connectivity index (χ2n) is 3.87. The molecule has 1 unspecified atom stereocenters. The molecule has 1 atom stereocenters. The molecular weight excluding hydrogens is 260 g/mol. The molecule has 2 rings (SSSR count). The molecule has 88 valence electrons. The summed E-state index contributed by atoms with van der Waals surface area (Å²) in [6, 6.07) is 0.365. The zero-order valence-corrected chi connectivity index (χ0v) is 11.5. The number of nitrogens with one attached hydrogen (secondary N) is 2. The molecule has 1 amide bonds. The number of rotatable bonds is 3. The van der Waals surface area contributed by atoms with Crippen molar-refractivity contribution in [1.82, 2.24) is 10.3 Å². The van der Waals surface area contributed by atoms with Gasteiger partial charge in [-0.25, -0.2) is 0 Å². The number of hydrogen-bond acceptors (Lipinski definition) is 4. The van der Waals surface area contributed by atoms with Crippen LogP contribution in [0.5, 0.6) is 0 Å². The molecule has 0 radical (unpaired) electrons. The van der Waals surface area contributed by atoms with Crippen molar-refractivity contribution in [3.05, 3.63) is 14.5 Å². The molecule has 6 heteroatoms. The Labute approximate surface area is 108 Å². The second-order valence-corrected chi connectivity index (χ2v) is 6.79. The summed E-state index contributed by atoms with van der Waals surface area (Å²) in [4.78, 5) is 15.9. The molecule has 2 N–H and O–H groups in total. The summed E-state index contributed by atoms with van der Waals surface area (Å²) in [5, 5.41) is 3.06. The minimum Gasteiger partial charge on any atom is -0.352 e. The van der Waals surface area contributed by atoms with Gasteiger partial charge in [0, 0.05) is 22.4 Å². The molecule has 0 saturated carbocycles. The highest BCUT2D eigenvalue weighted by molar-refractivity contribution is 7.99. The number of carbonyl (C=O) groups is 1. The molecule has 1 aromatic rings. The maximum atomic E-state index is 11.8. The van der Waals surface area contributed by atoms with E-state index >= 15 is 0 Å². The zero-order chi connectivity index (χ0) is 11.5. The summed E-state index contributed by atoms with van der Waals surface area (Å²) in [5.74, 6) is 2.32. The van der Waals surface area contributed by atoms with Gasteiger partial charge >= 0.3 is 0 Å². The van der Waals surface area contributed by atoms with Crippen molar-refractivity contribution < 1.29 is 4.79 Å². The minimum atomic E-state index is 0.112. The van der Waals surface area contributed by atoms with Crippen molar-refractivity contribution in [1.29, 1.82) is 0 Å². The fourth-order valence-electron chi connectivity index (χ4n) is 1.68. The molecule has 2 heterocycles. The number of carbonyl (C=O) groups excluding carboxylic acids is 1. The summed E-state index contributed by atoms with van der Waals surface area (Å²) < 4.78 is 0.747. The van der Waals surface area contributed by atoms with Crippen LogP contribution in [-0.2, 0) is 11.2 Å². The van der Waals surface area contributed by atoms with Crippen LogP contribution in [0.15, 0.2) is 0 Å². The van der Waals surface area contributed by atoms with Crippen molar-refractivity contribution in [2.75, 3.05) is 11.5 Å². The van der Waals surface area contributed by atoms with Gasteiger partial charge in [0.2, 0.25) is 5.91 Å². The second kappa shape index (κ2) is 5.33. The van der Waals surface area contributed by atoms with E-state index in [0.29, 0.717) is 12.5 Å². The first kappa shape index (κ1) is 12.1. The van der Waals surface area contributed by atoms with Crippen LogP contribution in [0.2, 0.25) is 0 Å². The van der Waals surface area contributed by atoms with E-state index in [1.54, 1.807) is 0 Å². The van der Waals surface area contributed by atoms with Crippen LogP contribution in [0.25, 0.3) is 0 Å². The number of aromatic nitrogens is 1. The fourth-order valence-corrected chi connectivity index (χ4v) is 4.12. The first-order chi connectivity index (χ1) is 7.65. The third-order valence-corrected chi connectivity index (χ3v) is 5.04. The van der Waals surface area contributed by atoms with Crippen molar-refractivity contribution >= 4 is 41.2 Å². The van der Waals surface area contributed by atoms with Crippen LogP contribution in [0.3, 0.4) is 0 Å². The van der Waals surface area contributed by atoms with Crippen LogP contribution in [-0.4, -0.2) is 28.4 Å². The van der Waals surface area contributed by atoms with Gasteiger partial charge < -0.3 is 10.3 Å². The van der Waals surface area contributed by atoms with E-state index in [1.807, 2.05) is 18.7 Å². The molecule has 1 aliphatic heterocycles. The molecular formula is C10H14N2OS3. The van der Waals surface area contributed by atoms with Gasteiger partial charge in [-0.1, -0.05) is 0 Å². The average Bonchev–Trinajstić information content (AvgIpc) is 2.78. The molecule has 1 fully saturated rings. The maximum absolute atomic E-state index is 11.8. The van der Waals surface area contributed by atoms with E-state index < -0.39 is 0 Å². The van der Waals surface area contributed by atoms with Crippen molar-refractivity contribution in [3.63, 3.8) is 0 Å². The highest BCUT2D eigenvalue weighted by atomic mass is 32.2. The standard InChI is InChI=1S/C10H14N2OS3/c1-6-8(16-10(14)11-6)4-9(13)12-7-2-3-15-5-7/h7H,2-5H2,1H3,(H,11,14)(H,12,13). The smallest absolute Gasteiger partial charge is 0.225 e. The lowest BCUT2D eigenvalue weighted by atomic mass is 10.2. The lowest BCUT2D eigenvalue weighted by molar-refractivity contribution is -0.120. The average molecular weight is 274 g/mol. The predicted octanol–water partition coefficient (Wildman–Crippen LogP) is 2.28. The van der Waals surface area contributed by atoms with Gasteiger partial charge in [-0.15, -0.1) is 11.3 Å². The number of thiazole rings is 1. The molecule has 1 saturated heterocycles. The summed E-state index contributed by atoms with van der Waals surface area (Å²) in [6.45, 7) is 1.96. The van der Waals surface area contributed by atoms with Gasteiger partial charge in [0.15, 0.2) is 3.95 Å². The number of hydrogen-bond donors (Lipinski definition) is 2. The zero-order valence-electron chi connectivity index (χ0n) is 9.04. The number of aryl methyl sites for hydroxylation is 1. The Bertz CT molecular complexity index is 432. The van der Waals surface area contributed by atoms with Crippen LogP contribution >= 0.6 is 35.3 Å². The molecule has 3 nitrogen and oxygen atoms in total. The Kier molecular flexibility index (Phi) is 4.05. The number of H-pyrrole nitrogens is 1. The molecule has 0 aromatic carbocycles. The molecule has 16 heavy (non-hydrogen) atoms. The quantitative estimate of drug-likeness (QED) is 0.831. The van der Waals surface area contributed by atoms with Crippen LogP contribution in [0, 0.1) is 10.9 Å². The van der Waals surface area contributed by atoms with E-state index in [9.17, 15) is 4.79 Å². The third-order valence-electron chi connectivity index (χ3n) is 2.54. The lowest BCUT2D eigenvalue weighted by Gasteiger charge is -2.10. The number of thioether (sulfide) groups is 1. The third kappa shape index (κ3) is 3.09. The van der Waals surface area contributed by atoms with E-state index in [0.717, 1.165) is 32.5 Å². The Morgan fingerprint density at radius 2 is 2.50 bits per heavy atom. The largest absolute Gasteiger partial charge is 0.352 e. The molecule has 1 aromatic heterocycles. The normalized spacial score (nSPS) is 19.9. The number of aromatic amines is 1. The van der Waals surface area contributed by atoms with Crippen LogP contribution in [0.1, 0.15) is 17.0 Å². The Morgan fingerprint density at radius 1 is 1.69 bits per heavy atom. The summed E-state index contributed by atoms with van der Waals surface area (Å²) >= 11 is 8.44. The topological polar surface area (TPSA) is 44.9 Å². The SMILES string of the molecule is Cc1[nH]c(=S)sc1CC(=O)NC1CCSC1. The molecule has 1 aliphatic rings. The first-order valence-electron chi connectivity index (χ1n) is 5.21. The Balaban J connectivity index is 1.91. The van der Waals surface area contributed by atoms with E-state index in [1.165, 1.54) is 11.3 Å². The maximum Gasteiger partial charge on any atom is 0.225 e. The van der Waals surface area contributed by atoms with Gasteiger partial charge in [0.05, 0.1) is 6.42 Å². The van der Waals surface area contributed by atoms with Gasteiger partial charge in [0.25, 0.3) is 0 Å². The van der Waals surface area contributed by atoms with Crippen LogP contribution < -0.4 is 5.32 Å². The monoisotopic (exact) mass is 274 g/mol. The summed E-state index contributed by atoms with van der Waals surface area (Å²) in [5.41, 5.74) is 1.02. The summed E-state index contributed by atoms with van der Waals surface area (Å²) in [7, 11) is 0. The van der Waals surface area contributed by atoms with Gasteiger partial charge in [-0.3, -0.25) is 4.79 Å². The van der Waals surface area contributed by atoms with E-state index in [2.05, 4.69) is 10.3 Å².